The standard InChI is InChI=1S/C18H24N4O4S/c1-5-21(8-9-23)15(12-6-7-13(25-3)14(10-12)26-4)16-17(24)22-18(27-16)19-11(2)20-22/h6-7,10,15,23-24H,5,8-9H2,1-4H3. The number of aryl methyl sites for hydroxylation is 1. The summed E-state index contributed by atoms with van der Waals surface area (Å²) in [6.45, 7) is 4.96. The smallest absolute Gasteiger partial charge is 0.230 e. The van der Waals surface area contributed by atoms with Crippen molar-refractivity contribution >= 4 is 16.3 Å². The van der Waals surface area contributed by atoms with E-state index in [1.165, 1.54) is 15.9 Å². The maximum Gasteiger partial charge on any atom is 0.230 e. The molecule has 0 aliphatic rings. The van der Waals surface area contributed by atoms with E-state index in [-0.39, 0.29) is 18.5 Å². The van der Waals surface area contributed by atoms with Gasteiger partial charge in [0, 0.05) is 6.54 Å². The number of rotatable bonds is 8. The zero-order valence-corrected chi connectivity index (χ0v) is 16.7. The topological polar surface area (TPSA) is 92.4 Å². The molecule has 1 atom stereocenters. The molecule has 0 saturated carbocycles. The van der Waals surface area contributed by atoms with Crippen LogP contribution in [0, 0.1) is 6.92 Å². The first-order chi connectivity index (χ1) is 13.0. The molecule has 0 aliphatic carbocycles. The van der Waals surface area contributed by atoms with Crippen molar-refractivity contribution < 1.29 is 19.7 Å². The van der Waals surface area contributed by atoms with Crippen molar-refractivity contribution in [3.05, 3.63) is 34.5 Å². The summed E-state index contributed by atoms with van der Waals surface area (Å²) in [5.41, 5.74) is 0.916. The largest absolute Gasteiger partial charge is 0.493 e. The van der Waals surface area contributed by atoms with Crippen molar-refractivity contribution in [1.82, 2.24) is 19.5 Å². The number of aromatic hydroxyl groups is 1. The van der Waals surface area contributed by atoms with Crippen LogP contribution in [-0.2, 0) is 0 Å². The lowest BCUT2D eigenvalue weighted by Crippen LogP contribution is -2.31. The first kappa shape index (κ1) is 19.4. The first-order valence-corrected chi connectivity index (χ1v) is 9.47. The molecule has 0 saturated heterocycles. The van der Waals surface area contributed by atoms with Gasteiger partial charge in [0.1, 0.15) is 5.82 Å². The molecule has 1 aromatic carbocycles. The summed E-state index contributed by atoms with van der Waals surface area (Å²) in [5.74, 6) is 1.91. The minimum absolute atomic E-state index is 0.0122. The van der Waals surface area contributed by atoms with E-state index in [1.807, 2.05) is 25.1 Å². The summed E-state index contributed by atoms with van der Waals surface area (Å²) in [7, 11) is 3.18. The molecular formula is C18H24N4O4S. The van der Waals surface area contributed by atoms with Crippen LogP contribution in [0.15, 0.2) is 18.2 Å². The molecule has 3 aromatic rings. The van der Waals surface area contributed by atoms with Gasteiger partial charge < -0.3 is 19.7 Å². The normalized spacial score (nSPS) is 12.7. The molecule has 2 aromatic heterocycles. The SMILES string of the molecule is CCN(CCO)C(c1ccc(OC)c(OC)c1)c1sc2nc(C)nn2c1O. The van der Waals surface area contributed by atoms with Crippen LogP contribution in [0.4, 0.5) is 0 Å². The Bertz CT molecular complexity index is 924. The van der Waals surface area contributed by atoms with Crippen LogP contribution in [-0.4, -0.2) is 63.6 Å². The van der Waals surface area contributed by atoms with E-state index >= 15 is 0 Å². The van der Waals surface area contributed by atoms with Gasteiger partial charge in [-0.3, -0.25) is 4.90 Å². The number of methoxy groups -OCH3 is 2. The van der Waals surface area contributed by atoms with E-state index in [1.54, 1.807) is 21.1 Å². The predicted molar refractivity (Wildman–Crippen MR) is 103 cm³/mol. The lowest BCUT2D eigenvalue weighted by molar-refractivity contribution is 0.174. The predicted octanol–water partition coefficient (Wildman–Crippen LogP) is 2.23. The lowest BCUT2D eigenvalue weighted by Gasteiger charge is -2.30. The number of fused-ring (bicyclic) bond motifs is 1. The molecule has 3 rings (SSSR count). The van der Waals surface area contributed by atoms with Crippen LogP contribution in [0.25, 0.3) is 4.96 Å². The molecule has 1 unspecified atom stereocenters. The molecule has 8 nitrogen and oxygen atoms in total. The van der Waals surface area contributed by atoms with Gasteiger partial charge in [0.25, 0.3) is 0 Å². The monoisotopic (exact) mass is 392 g/mol. The third-order valence-corrected chi connectivity index (χ3v) is 5.51. The number of aliphatic hydroxyl groups is 1. The Hall–Kier alpha value is -2.36. The average Bonchev–Trinajstić information content (AvgIpc) is 3.18. The van der Waals surface area contributed by atoms with Gasteiger partial charge in [-0.2, -0.15) is 4.52 Å². The van der Waals surface area contributed by atoms with Crippen molar-refractivity contribution in [2.45, 2.75) is 19.9 Å². The van der Waals surface area contributed by atoms with Gasteiger partial charge in [-0.25, -0.2) is 4.98 Å². The molecule has 146 valence electrons. The number of aromatic nitrogens is 3. The number of benzene rings is 1. The van der Waals surface area contributed by atoms with Crippen LogP contribution in [0.1, 0.15) is 29.2 Å². The maximum atomic E-state index is 10.8. The Morgan fingerprint density at radius 3 is 2.59 bits per heavy atom. The third-order valence-electron chi connectivity index (χ3n) is 4.44. The Labute approximate surface area is 161 Å². The fourth-order valence-corrected chi connectivity index (χ4v) is 4.34. The van der Waals surface area contributed by atoms with Crippen molar-refractivity contribution in [1.29, 1.82) is 0 Å². The number of aliphatic hydroxyl groups excluding tert-OH is 1. The molecule has 0 aliphatic heterocycles. The van der Waals surface area contributed by atoms with Gasteiger partial charge >= 0.3 is 0 Å². The van der Waals surface area contributed by atoms with E-state index < -0.39 is 0 Å². The fraction of sp³-hybridized carbons (Fsp3) is 0.444. The Kier molecular flexibility index (Phi) is 5.83. The molecule has 9 heteroatoms. The molecule has 0 fully saturated rings. The molecule has 2 N–H and O–H groups in total. The fourth-order valence-electron chi connectivity index (χ4n) is 3.18. The van der Waals surface area contributed by atoms with E-state index in [9.17, 15) is 10.2 Å². The third kappa shape index (κ3) is 3.58. The highest BCUT2D eigenvalue weighted by Crippen LogP contribution is 2.41. The first-order valence-electron chi connectivity index (χ1n) is 8.65. The molecule has 0 spiro atoms. The summed E-state index contributed by atoms with van der Waals surface area (Å²) in [5, 5.41) is 24.6. The zero-order valence-electron chi connectivity index (χ0n) is 15.8. The van der Waals surface area contributed by atoms with Crippen molar-refractivity contribution in [3.63, 3.8) is 0 Å². The minimum Gasteiger partial charge on any atom is -0.493 e. The number of nitrogens with zero attached hydrogens (tertiary/aromatic N) is 4. The minimum atomic E-state index is -0.282. The second kappa shape index (κ2) is 8.12. The van der Waals surface area contributed by atoms with Gasteiger partial charge in [-0.1, -0.05) is 24.3 Å². The summed E-state index contributed by atoms with van der Waals surface area (Å²) in [6, 6.07) is 5.39. The van der Waals surface area contributed by atoms with E-state index in [0.29, 0.717) is 40.3 Å². The quantitative estimate of drug-likeness (QED) is 0.607. The number of hydrogen-bond acceptors (Lipinski definition) is 8. The zero-order chi connectivity index (χ0) is 19.6. The molecule has 0 radical (unpaired) electrons. The highest BCUT2D eigenvalue weighted by atomic mass is 32.1. The van der Waals surface area contributed by atoms with Gasteiger partial charge in [0.15, 0.2) is 11.5 Å². The maximum absolute atomic E-state index is 10.8. The number of hydrogen-bond donors (Lipinski definition) is 2. The second-order valence-corrected chi connectivity index (χ2v) is 7.02. The van der Waals surface area contributed by atoms with E-state index in [0.717, 1.165) is 5.56 Å². The highest BCUT2D eigenvalue weighted by molar-refractivity contribution is 7.17. The number of thiazole rings is 1. The van der Waals surface area contributed by atoms with Gasteiger partial charge in [0.05, 0.1) is 31.7 Å². The summed E-state index contributed by atoms with van der Waals surface area (Å²) in [6.07, 6.45) is 0. The van der Waals surface area contributed by atoms with Crippen LogP contribution >= 0.6 is 11.3 Å². The summed E-state index contributed by atoms with van der Waals surface area (Å²) in [4.78, 5) is 7.79. The molecule has 2 heterocycles. The van der Waals surface area contributed by atoms with Crippen LogP contribution in [0.5, 0.6) is 17.4 Å². The van der Waals surface area contributed by atoms with Gasteiger partial charge in [-0.15, -0.1) is 5.10 Å². The van der Waals surface area contributed by atoms with E-state index in [4.69, 9.17) is 9.47 Å². The Morgan fingerprint density at radius 1 is 1.26 bits per heavy atom. The van der Waals surface area contributed by atoms with Crippen LogP contribution < -0.4 is 9.47 Å². The number of ether oxygens (including phenoxy) is 2. The molecule has 0 amide bonds. The van der Waals surface area contributed by atoms with Crippen LogP contribution in [0.2, 0.25) is 0 Å². The average molecular weight is 392 g/mol. The second-order valence-electron chi connectivity index (χ2n) is 6.01. The van der Waals surface area contributed by atoms with Crippen LogP contribution in [0.3, 0.4) is 0 Å². The highest BCUT2D eigenvalue weighted by Gasteiger charge is 2.29. The molecule has 0 bridgehead atoms. The van der Waals surface area contributed by atoms with E-state index in [2.05, 4.69) is 15.0 Å². The van der Waals surface area contributed by atoms with Crippen molar-refractivity contribution in [3.8, 4) is 17.4 Å². The summed E-state index contributed by atoms with van der Waals surface area (Å²) < 4.78 is 12.2. The molecular weight excluding hydrogens is 368 g/mol. The molecule has 27 heavy (non-hydrogen) atoms. The van der Waals surface area contributed by atoms with Gasteiger partial charge in [0.2, 0.25) is 10.8 Å². The van der Waals surface area contributed by atoms with Crippen molar-refractivity contribution in [2.24, 2.45) is 0 Å². The number of likely N-dealkylation sites (N-methyl/N-ethyl adjacent to an activating group) is 1. The van der Waals surface area contributed by atoms with Crippen molar-refractivity contribution in [2.75, 3.05) is 33.9 Å². The lowest BCUT2D eigenvalue weighted by atomic mass is 10.0. The van der Waals surface area contributed by atoms with Gasteiger partial charge in [-0.05, 0) is 31.2 Å². The Morgan fingerprint density at radius 2 is 2.00 bits per heavy atom. The Balaban J connectivity index is 2.16. The summed E-state index contributed by atoms with van der Waals surface area (Å²) >= 11 is 1.38.